The van der Waals surface area contributed by atoms with Crippen molar-refractivity contribution in [2.45, 2.75) is 31.5 Å². The van der Waals surface area contributed by atoms with Crippen LogP contribution in [-0.4, -0.2) is 56.8 Å². The van der Waals surface area contributed by atoms with Crippen molar-refractivity contribution in [3.05, 3.63) is 22.2 Å². The van der Waals surface area contributed by atoms with Crippen LogP contribution in [0.4, 0.5) is 5.82 Å². The molecule has 19 heavy (non-hydrogen) atoms. The van der Waals surface area contributed by atoms with E-state index in [0.29, 0.717) is 11.4 Å². The lowest BCUT2D eigenvalue weighted by Crippen LogP contribution is -2.36. The first-order chi connectivity index (χ1) is 8.99. The Bertz CT molecular complexity index is 518. The molecule has 0 bridgehead atoms. The van der Waals surface area contributed by atoms with E-state index in [1.54, 1.807) is 14.0 Å². The van der Waals surface area contributed by atoms with Crippen LogP contribution in [0, 0.1) is 6.92 Å². The Balaban J connectivity index is 2.38. The summed E-state index contributed by atoms with van der Waals surface area (Å²) >= 11 is 0. The molecular formula is C11H17N3O5. The maximum Gasteiger partial charge on any atom is 0.351 e. The van der Waals surface area contributed by atoms with Crippen molar-refractivity contribution in [2.75, 3.05) is 19.0 Å². The third kappa shape index (κ3) is 2.35. The highest BCUT2D eigenvalue weighted by atomic mass is 16.6. The molecule has 0 radical (unpaired) electrons. The lowest BCUT2D eigenvalue weighted by Gasteiger charge is -2.18. The minimum Gasteiger partial charge on any atom is -0.394 e. The van der Waals surface area contributed by atoms with E-state index in [4.69, 9.17) is 9.84 Å². The maximum atomic E-state index is 11.9. The van der Waals surface area contributed by atoms with Crippen LogP contribution in [0.25, 0.3) is 0 Å². The molecule has 1 aromatic rings. The van der Waals surface area contributed by atoms with Gasteiger partial charge >= 0.3 is 5.69 Å². The molecule has 4 atom stereocenters. The minimum atomic E-state index is -1.29. The van der Waals surface area contributed by atoms with Crippen LogP contribution >= 0.6 is 0 Å². The fourth-order valence-corrected chi connectivity index (χ4v) is 2.11. The van der Waals surface area contributed by atoms with Crippen LogP contribution in [0.1, 0.15) is 11.8 Å². The third-order valence-corrected chi connectivity index (χ3v) is 3.16. The van der Waals surface area contributed by atoms with Crippen molar-refractivity contribution in [3.63, 3.8) is 0 Å². The van der Waals surface area contributed by atoms with Crippen molar-refractivity contribution in [1.29, 1.82) is 0 Å². The molecule has 2 rings (SSSR count). The van der Waals surface area contributed by atoms with Gasteiger partial charge in [0.25, 0.3) is 0 Å². The van der Waals surface area contributed by atoms with Gasteiger partial charge in [-0.2, -0.15) is 4.98 Å². The molecule has 0 amide bonds. The Morgan fingerprint density at radius 3 is 2.68 bits per heavy atom. The number of ether oxygens (including phenoxy) is 1. The number of aliphatic hydroxyl groups excluding tert-OH is 3. The second-order valence-corrected chi connectivity index (χ2v) is 4.44. The van der Waals surface area contributed by atoms with Gasteiger partial charge in [-0.05, 0) is 6.92 Å². The maximum absolute atomic E-state index is 11.9. The monoisotopic (exact) mass is 271 g/mol. The van der Waals surface area contributed by atoms with Gasteiger partial charge in [-0.25, -0.2) is 4.79 Å². The van der Waals surface area contributed by atoms with E-state index >= 15 is 0 Å². The van der Waals surface area contributed by atoms with E-state index in [0.717, 1.165) is 4.57 Å². The highest BCUT2D eigenvalue weighted by molar-refractivity contribution is 5.40. The van der Waals surface area contributed by atoms with Crippen molar-refractivity contribution in [2.24, 2.45) is 0 Å². The number of aryl methyl sites for hydroxylation is 1. The molecule has 1 saturated heterocycles. The Hall–Kier alpha value is -1.48. The van der Waals surface area contributed by atoms with Crippen molar-refractivity contribution < 1.29 is 20.1 Å². The topological polar surface area (TPSA) is 117 Å². The molecule has 1 aliphatic rings. The number of aromatic nitrogens is 2. The molecular weight excluding hydrogens is 254 g/mol. The number of hydrogen-bond donors (Lipinski definition) is 4. The zero-order valence-electron chi connectivity index (χ0n) is 10.6. The summed E-state index contributed by atoms with van der Waals surface area (Å²) in [7, 11) is 1.64. The number of nitrogens with zero attached hydrogens (tertiary/aromatic N) is 2. The van der Waals surface area contributed by atoms with Crippen LogP contribution in [0.3, 0.4) is 0 Å². The van der Waals surface area contributed by atoms with E-state index in [1.807, 2.05) is 0 Å². The van der Waals surface area contributed by atoms with Crippen LogP contribution in [0.15, 0.2) is 11.0 Å². The van der Waals surface area contributed by atoms with E-state index in [1.165, 1.54) is 6.20 Å². The Morgan fingerprint density at radius 2 is 2.16 bits per heavy atom. The Morgan fingerprint density at radius 1 is 1.47 bits per heavy atom. The average molecular weight is 271 g/mol. The molecule has 1 fully saturated rings. The predicted octanol–water partition coefficient (Wildman–Crippen LogP) is -1.80. The fourth-order valence-electron chi connectivity index (χ4n) is 2.11. The van der Waals surface area contributed by atoms with E-state index in [9.17, 15) is 15.0 Å². The summed E-state index contributed by atoms with van der Waals surface area (Å²) in [5.41, 5.74) is 0.0876. The summed E-state index contributed by atoms with van der Waals surface area (Å²) in [5.74, 6) is 0.438. The molecule has 4 N–H and O–H groups in total. The summed E-state index contributed by atoms with van der Waals surface area (Å²) in [4.78, 5) is 15.7. The van der Waals surface area contributed by atoms with Crippen molar-refractivity contribution >= 4 is 5.82 Å². The molecule has 0 spiro atoms. The molecule has 8 heteroatoms. The van der Waals surface area contributed by atoms with Gasteiger partial charge in [0.1, 0.15) is 24.1 Å². The highest BCUT2D eigenvalue weighted by Crippen LogP contribution is 2.28. The zero-order valence-corrected chi connectivity index (χ0v) is 10.6. The lowest BCUT2D eigenvalue weighted by atomic mass is 10.1. The summed E-state index contributed by atoms with van der Waals surface area (Å²) in [6.07, 6.45) is -3.03. The number of hydrogen-bond acceptors (Lipinski definition) is 7. The number of nitrogens with one attached hydrogen (secondary N) is 1. The van der Waals surface area contributed by atoms with Gasteiger partial charge in [-0.3, -0.25) is 4.57 Å². The van der Waals surface area contributed by atoms with Crippen LogP contribution in [-0.2, 0) is 4.74 Å². The van der Waals surface area contributed by atoms with Gasteiger partial charge in [0.05, 0.1) is 6.61 Å². The molecule has 0 unspecified atom stereocenters. The first-order valence-corrected chi connectivity index (χ1v) is 5.89. The molecule has 1 aromatic heterocycles. The van der Waals surface area contributed by atoms with E-state index in [2.05, 4.69) is 10.3 Å². The standard InChI is InChI=1S/C11H17N3O5/c1-5-3-14(11(18)13-9(5)12-2)10-8(17)7(16)6(4-15)19-10/h3,6-8,10,15-17H,4H2,1-2H3,(H,12,13,18)/t6-,7-,8-,10-/m1/s1. The van der Waals surface area contributed by atoms with Crippen molar-refractivity contribution in [1.82, 2.24) is 9.55 Å². The van der Waals surface area contributed by atoms with Gasteiger partial charge in [-0.15, -0.1) is 0 Å². The van der Waals surface area contributed by atoms with Crippen LogP contribution in [0.5, 0.6) is 0 Å². The molecule has 0 aromatic carbocycles. The minimum absolute atomic E-state index is 0.438. The van der Waals surface area contributed by atoms with Gasteiger partial charge in [-0.1, -0.05) is 0 Å². The Labute approximate surface area is 109 Å². The summed E-state index contributed by atoms with van der Waals surface area (Å²) in [6, 6.07) is 0. The zero-order chi connectivity index (χ0) is 14.2. The lowest BCUT2D eigenvalue weighted by molar-refractivity contribution is -0.0550. The molecule has 0 aliphatic carbocycles. The first-order valence-electron chi connectivity index (χ1n) is 5.89. The molecule has 0 saturated carbocycles. The second kappa shape index (κ2) is 5.25. The van der Waals surface area contributed by atoms with Gasteiger partial charge in [0, 0.05) is 18.8 Å². The largest absolute Gasteiger partial charge is 0.394 e. The van der Waals surface area contributed by atoms with E-state index < -0.39 is 36.8 Å². The summed E-state index contributed by atoms with van der Waals surface area (Å²) in [5, 5.41) is 31.3. The normalized spacial score (nSPS) is 30.6. The average Bonchev–Trinajstić information content (AvgIpc) is 2.68. The van der Waals surface area contributed by atoms with Crippen molar-refractivity contribution in [3.8, 4) is 0 Å². The Kier molecular flexibility index (Phi) is 3.85. The van der Waals surface area contributed by atoms with Gasteiger partial charge < -0.3 is 25.4 Å². The SMILES string of the molecule is CNc1nc(=O)n([C@@H]2O[C@H](CO)[C@@H](O)[C@H]2O)cc1C. The van der Waals surface area contributed by atoms with Crippen LogP contribution < -0.4 is 11.0 Å². The van der Waals surface area contributed by atoms with Gasteiger partial charge in [0.15, 0.2) is 6.23 Å². The fraction of sp³-hybridized carbons (Fsp3) is 0.636. The van der Waals surface area contributed by atoms with Gasteiger partial charge in [0.2, 0.25) is 0 Å². The predicted molar refractivity (Wildman–Crippen MR) is 65.8 cm³/mol. The quantitative estimate of drug-likeness (QED) is 0.512. The highest BCUT2D eigenvalue weighted by Gasteiger charge is 2.43. The molecule has 1 aliphatic heterocycles. The molecule has 8 nitrogen and oxygen atoms in total. The summed E-state index contributed by atoms with van der Waals surface area (Å²) < 4.78 is 6.39. The van der Waals surface area contributed by atoms with Crippen LogP contribution in [0.2, 0.25) is 0 Å². The molecule has 2 heterocycles. The number of aliphatic hydroxyl groups is 3. The number of anilines is 1. The third-order valence-electron chi connectivity index (χ3n) is 3.16. The molecule has 106 valence electrons. The smallest absolute Gasteiger partial charge is 0.351 e. The van der Waals surface area contributed by atoms with E-state index in [-0.39, 0.29) is 0 Å². The summed E-state index contributed by atoms with van der Waals surface area (Å²) in [6.45, 7) is 1.31. The number of rotatable bonds is 3. The second-order valence-electron chi connectivity index (χ2n) is 4.44. The first kappa shape index (κ1) is 13.9.